The fraction of sp³-hybridized carbons (Fsp3) is 0.370. The van der Waals surface area contributed by atoms with Crippen molar-refractivity contribution in [2.24, 2.45) is 7.05 Å². The summed E-state index contributed by atoms with van der Waals surface area (Å²) in [4.78, 5) is 5.17. The third-order valence-electron chi connectivity index (χ3n) is 6.55. The van der Waals surface area contributed by atoms with Crippen molar-refractivity contribution in [3.05, 3.63) is 75.6 Å². The van der Waals surface area contributed by atoms with Gasteiger partial charge in [-0.3, -0.25) is 4.68 Å². The first kappa shape index (κ1) is 25.1. The highest BCUT2D eigenvalue weighted by molar-refractivity contribution is 6.30. The van der Waals surface area contributed by atoms with Crippen LogP contribution in [0.2, 0.25) is 5.02 Å². The van der Waals surface area contributed by atoms with Gasteiger partial charge in [-0.1, -0.05) is 28.9 Å². The predicted molar refractivity (Wildman–Crippen MR) is 144 cm³/mol. The lowest BCUT2D eigenvalue weighted by atomic mass is 9.90. The number of nitrogens with one attached hydrogen (secondary N) is 1. The minimum absolute atomic E-state index is 0.457. The lowest BCUT2D eigenvalue weighted by molar-refractivity contribution is -0.0465. The number of benzene rings is 1. The summed E-state index contributed by atoms with van der Waals surface area (Å²) in [6.07, 6.45) is 3.35. The highest BCUT2D eigenvalue weighted by Crippen LogP contribution is 2.43. The van der Waals surface area contributed by atoms with E-state index in [9.17, 15) is 0 Å². The molecule has 0 radical (unpaired) electrons. The van der Waals surface area contributed by atoms with Gasteiger partial charge < -0.3 is 9.30 Å². The molecule has 4 heterocycles. The predicted octanol–water partition coefficient (Wildman–Crippen LogP) is 5.48. The highest BCUT2D eigenvalue weighted by atomic mass is 35.5. The highest BCUT2D eigenvalue weighted by Gasteiger charge is 2.32. The third-order valence-corrected chi connectivity index (χ3v) is 6.80. The number of H-pyrrole nitrogens is 1. The number of aromatic nitrogens is 8. The Labute approximate surface area is 220 Å². The first-order chi connectivity index (χ1) is 17.5. The summed E-state index contributed by atoms with van der Waals surface area (Å²) in [5.74, 6) is 0.457. The van der Waals surface area contributed by atoms with Gasteiger partial charge in [0.1, 0.15) is 11.8 Å². The average molecular weight is 519 g/mol. The number of hydrogen-bond acceptors (Lipinski definition) is 6. The van der Waals surface area contributed by atoms with Crippen molar-refractivity contribution in [1.82, 2.24) is 40.0 Å². The lowest BCUT2D eigenvalue weighted by Gasteiger charge is -2.28. The van der Waals surface area contributed by atoms with Crippen molar-refractivity contribution in [1.29, 1.82) is 0 Å². The maximum atomic E-state index is 6.59. The number of hydrogen-bond donors (Lipinski definition) is 1. The van der Waals surface area contributed by atoms with Crippen molar-refractivity contribution in [3.8, 4) is 11.1 Å². The smallest absolute Gasteiger partial charge is 0.207 e. The van der Waals surface area contributed by atoms with Crippen LogP contribution in [0.15, 0.2) is 36.7 Å². The second-order valence-electron chi connectivity index (χ2n) is 10.4. The van der Waals surface area contributed by atoms with E-state index in [1.807, 2.05) is 76.1 Å². The van der Waals surface area contributed by atoms with Gasteiger partial charge >= 0.3 is 0 Å². The molecule has 1 atom stereocenters. The van der Waals surface area contributed by atoms with E-state index in [4.69, 9.17) is 21.3 Å². The minimum atomic E-state index is -0.581. The van der Waals surface area contributed by atoms with E-state index in [0.29, 0.717) is 17.4 Å². The molecule has 0 amide bonds. The molecule has 0 saturated carbocycles. The zero-order chi connectivity index (χ0) is 26.5. The second kappa shape index (κ2) is 9.39. The molecule has 1 aromatic carbocycles. The number of ether oxygens (including phenoxy) is 1. The Bertz CT molecular complexity index is 1560. The molecule has 0 bridgehead atoms. The van der Waals surface area contributed by atoms with Crippen molar-refractivity contribution in [2.75, 3.05) is 0 Å². The van der Waals surface area contributed by atoms with E-state index in [2.05, 4.69) is 44.1 Å². The van der Waals surface area contributed by atoms with Gasteiger partial charge in [0.2, 0.25) is 5.82 Å². The second-order valence-corrected chi connectivity index (χ2v) is 10.8. The monoisotopic (exact) mass is 518 g/mol. The molecule has 0 aliphatic heterocycles. The summed E-state index contributed by atoms with van der Waals surface area (Å²) < 4.78 is 10.7. The quantitative estimate of drug-likeness (QED) is 0.319. The van der Waals surface area contributed by atoms with E-state index in [1.54, 1.807) is 0 Å². The largest absolute Gasteiger partial charge is 0.360 e. The average Bonchev–Trinajstić information content (AvgIpc) is 3.56. The first-order valence-electron chi connectivity index (χ1n) is 12.2. The van der Waals surface area contributed by atoms with Crippen LogP contribution in [0.4, 0.5) is 0 Å². The molecule has 192 valence electrons. The Morgan fingerprint density at radius 2 is 1.84 bits per heavy atom. The molecule has 5 aromatic rings. The van der Waals surface area contributed by atoms with Crippen molar-refractivity contribution >= 4 is 22.6 Å². The van der Waals surface area contributed by atoms with E-state index < -0.39 is 11.7 Å². The molecule has 4 aromatic heterocycles. The van der Waals surface area contributed by atoms with Crippen molar-refractivity contribution in [3.63, 3.8) is 0 Å². The first-order valence-corrected chi connectivity index (χ1v) is 12.6. The van der Waals surface area contributed by atoms with Gasteiger partial charge in [-0.2, -0.15) is 10.3 Å². The van der Waals surface area contributed by atoms with Crippen LogP contribution in [0.1, 0.15) is 60.8 Å². The normalized spacial score (nSPS) is 13.0. The van der Waals surface area contributed by atoms with Crippen LogP contribution in [-0.2, 0) is 18.3 Å². The van der Waals surface area contributed by atoms with Crippen molar-refractivity contribution < 1.29 is 4.74 Å². The lowest BCUT2D eigenvalue weighted by Crippen LogP contribution is -2.25. The number of rotatable bonds is 6. The Morgan fingerprint density at radius 3 is 2.43 bits per heavy atom. The number of aromatic amines is 1. The van der Waals surface area contributed by atoms with Crippen LogP contribution in [0.3, 0.4) is 0 Å². The molecule has 10 heteroatoms. The number of pyridine rings is 1. The molecular formula is C27H31ClN8O. The van der Waals surface area contributed by atoms with Gasteiger partial charge in [-0.05, 0) is 64.8 Å². The number of tetrazole rings is 1. The van der Waals surface area contributed by atoms with Crippen LogP contribution >= 0.6 is 11.6 Å². The van der Waals surface area contributed by atoms with Gasteiger partial charge in [-0.15, -0.1) is 10.2 Å². The molecule has 37 heavy (non-hydrogen) atoms. The molecule has 0 spiro atoms. The summed E-state index contributed by atoms with van der Waals surface area (Å²) in [7, 11) is 1.93. The van der Waals surface area contributed by atoms with E-state index >= 15 is 0 Å². The maximum Gasteiger partial charge on any atom is 0.207 e. The standard InChI is InChI=1S/C27H31ClN8O/c1-15-17(3)36(14-18-12-29-35(7)13-18)26-21(15)23(19-8-10-20(28)11-9-19)22(16(2)30-26)24(37-27(4,5)6)25-31-33-34-32-25/h8-13,24H,14H2,1-7H3,(H,31,32,33,34). The summed E-state index contributed by atoms with van der Waals surface area (Å²) in [5.41, 5.74) is 7.64. The van der Waals surface area contributed by atoms with Gasteiger partial charge in [0.05, 0.1) is 18.3 Å². The van der Waals surface area contributed by atoms with Gasteiger partial charge in [0, 0.05) is 51.7 Å². The van der Waals surface area contributed by atoms with Gasteiger partial charge in [-0.25, -0.2) is 4.98 Å². The summed E-state index contributed by atoms with van der Waals surface area (Å²) in [5, 5.41) is 21.1. The molecule has 0 saturated heterocycles. The number of halogens is 1. The maximum absolute atomic E-state index is 6.59. The van der Waals surface area contributed by atoms with Crippen LogP contribution < -0.4 is 0 Å². The van der Waals surface area contributed by atoms with Crippen LogP contribution in [-0.4, -0.2) is 45.6 Å². The van der Waals surface area contributed by atoms with Crippen LogP contribution in [0.5, 0.6) is 0 Å². The summed E-state index contributed by atoms with van der Waals surface area (Å²) in [6.45, 7) is 13.0. The number of nitrogens with zero attached hydrogens (tertiary/aromatic N) is 7. The Balaban J connectivity index is 1.84. The zero-order valence-corrected chi connectivity index (χ0v) is 22.9. The molecular weight excluding hydrogens is 488 g/mol. The van der Waals surface area contributed by atoms with Gasteiger partial charge in [0.15, 0.2) is 0 Å². The molecule has 5 rings (SSSR count). The zero-order valence-electron chi connectivity index (χ0n) is 22.2. The van der Waals surface area contributed by atoms with Crippen LogP contribution in [0, 0.1) is 20.8 Å². The van der Waals surface area contributed by atoms with E-state index in [-0.39, 0.29) is 0 Å². The number of fused-ring (bicyclic) bond motifs is 1. The summed E-state index contributed by atoms with van der Waals surface area (Å²) in [6, 6.07) is 7.89. The number of aryl methyl sites for hydroxylation is 3. The van der Waals surface area contributed by atoms with E-state index in [0.717, 1.165) is 50.2 Å². The molecule has 0 fully saturated rings. The fourth-order valence-corrected chi connectivity index (χ4v) is 4.96. The Morgan fingerprint density at radius 1 is 1.11 bits per heavy atom. The van der Waals surface area contributed by atoms with Gasteiger partial charge in [0.25, 0.3) is 0 Å². The SMILES string of the molecule is Cc1nc2c(c(C)c(C)n2Cc2cnn(C)c2)c(-c2ccc(Cl)cc2)c1C(OC(C)(C)C)c1nn[nH]n1. The Hall–Kier alpha value is -3.56. The molecule has 9 nitrogen and oxygen atoms in total. The minimum Gasteiger partial charge on any atom is -0.360 e. The third kappa shape index (κ3) is 4.76. The topological polar surface area (TPSA) is 99.3 Å². The van der Waals surface area contributed by atoms with Crippen molar-refractivity contribution in [2.45, 2.75) is 59.8 Å². The molecule has 0 aliphatic rings. The molecule has 1 unspecified atom stereocenters. The molecule has 1 N–H and O–H groups in total. The van der Waals surface area contributed by atoms with Crippen LogP contribution in [0.25, 0.3) is 22.2 Å². The molecule has 0 aliphatic carbocycles. The summed E-state index contributed by atoms with van der Waals surface area (Å²) >= 11 is 6.29. The fourth-order valence-electron chi connectivity index (χ4n) is 4.84. The Kier molecular flexibility index (Phi) is 6.37. The van der Waals surface area contributed by atoms with E-state index in [1.165, 1.54) is 0 Å².